The first-order valence-electron chi connectivity index (χ1n) is 7.42. The molecule has 1 aromatic rings. The third kappa shape index (κ3) is 3.45. The molecule has 0 radical (unpaired) electrons. The number of aromatic nitrogens is 2. The lowest BCUT2D eigenvalue weighted by atomic mass is 10.1. The lowest BCUT2D eigenvalue weighted by molar-refractivity contribution is 0.239. The molecule has 3 heterocycles. The summed E-state index contributed by atoms with van der Waals surface area (Å²) >= 11 is 0. The molecule has 2 fully saturated rings. The molecule has 19 heavy (non-hydrogen) atoms. The molecule has 0 atom stereocenters. The van der Waals surface area contributed by atoms with Crippen molar-refractivity contribution in [2.75, 3.05) is 44.2 Å². The first kappa shape index (κ1) is 12.9. The van der Waals surface area contributed by atoms with E-state index in [2.05, 4.69) is 25.3 Å². The van der Waals surface area contributed by atoms with Gasteiger partial charge in [0.1, 0.15) is 0 Å². The maximum Gasteiger partial charge on any atom is 0.266 e. The van der Waals surface area contributed by atoms with Crippen molar-refractivity contribution in [1.82, 2.24) is 20.4 Å². The maximum atomic E-state index is 5.40. The van der Waals surface area contributed by atoms with E-state index in [9.17, 15) is 0 Å². The summed E-state index contributed by atoms with van der Waals surface area (Å²) in [5.74, 6) is 1.53. The van der Waals surface area contributed by atoms with Gasteiger partial charge in [0.25, 0.3) is 5.95 Å². The van der Waals surface area contributed by atoms with Crippen molar-refractivity contribution in [3.63, 3.8) is 0 Å². The van der Waals surface area contributed by atoms with Gasteiger partial charge in [-0.25, -0.2) is 0 Å². The quantitative estimate of drug-likeness (QED) is 0.874. The Hall–Kier alpha value is -1.14. The fourth-order valence-corrected chi connectivity index (χ4v) is 2.78. The molecule has 0 spiro atoms. The summed E-state index contributed by atoms with van der Waals surface area (Å²) in [7, 11) is 0. The van der Waals surface area contributed by atoms with Crippen LogP contribution < -0.4 is 10.2 Å². The van der Waals surface area contributed by atoms with E-state index in [1.54, 1.807) is 0 Å². The van der Waals surface area contributed by atoms with E-state index in [4.69, 9.17) is 4.52 Å². The third-order valence-electron chi connectivity index (χ3n) is 3.89. The van der Waals surface area contributed by atoms with Crippen molar-refractivity contribution in [2.24, 2.45) is 0 Å². The van der Waals surface area contributed by atoms with Crippen molar-refractivity contribution >= 4 is 5.95 Å². The Bertz CT molecular complexity index is 380. The van der Waals surface area contributed by atoms with Crippen LogP contribution in [0.2, 0.25) is 0 Å². The smallest absolute Gasteiger partial charge is 0.266 e. The number of piperidine rings is 1. The summed E-state index contributed by atoms with van der Waals surface area (Å²) in [6.07, 6.45) is 4.98. The van der Waals surface area contributed by atoms with E-state index >= 15 is 0 Å². The summed E-state index contributed by atoms with van der Waals surface area (Å²) in [5, 5.41) is 7.53. The first-order valence-corrected chi connectivity index (χ1v) is 7.42. The number of rotatable bonds is 3. The van der Waals surface area contributed by atoms with Crippen LogP contribution in [0.15, 0.2) is 4.52 Å². The highest BCUT2D eigenvalue weighted by atomic mass is 16.5. The molecule has 0 amide bonds. The van der Waals surface area contributed by atoms with E-state index in [0.29, 0.717) is 0 Å². The molecule has 0 aliphatic carbocycles. The van der Waals surface area contributed by atoms with Gasteiger partial charge in [-0.2, -0.15) is 4.98 Å². The molecule has 2 aliphatic heterocycles. The Balaban J connectivity index is 1.57. The average Bonchev–Trinajstić information content (AvgIpc) is 2.76. The van der Waals surface area contributed by atoms with Crippen LogP contribution in [-0.2, 0) is 6.54 Å². The molecule has 0 unspecified atom stereocenters. The SMILES string of the molecule is C1CCN(c2noc(CN3CCCNCC3)n2)CC1. The Labute approximate surface area is 114 Å². The van der Waals surface area contributed by atoms with Crippen LogP contribution in [0.5, 0.6) is 0 Å². The second kappa shape index (κ2) is 6.34. The van der Waals surface area contributed by atoms with Crippen LogP contribution in [0, 0.1) is 0 Å². The second-order valence-electron chi connectivity index (χ2n) is 5.42. The molecular formula is C13H23N5O. The van der Waals surface area contributed by atoms with Gasteiger partial charge in [-0.15, -0.1) is 0 Å². The summed E-state index contributed by atoms with van der Waals surface area (Å²) < 4.78 is 5.40. The first-order chi connectivity index (χ1) is 9.42. The van der Waals surface area contributed by atoms with Gasteiger partial charge in [-0.1, -0.05) is 0 Å². The van der Waals surface area contributed by atoms with Crippen LogP contribution in [0.1, 0.15) is 31.6 Å². The van der Waals surface area contributed by atoms with Crippen LogP contribution in [0.25, 0.3) is 0 Å². The van der Waals surface area contributed by atoms with Crippen molar-refractivity contribution in [2.45, 2.75) is 32.2 Å². The molecule has 3 rings (SSSR count). The number of hydrogen-bond acceptors (Lipinski definition) is 6. The fraction of sp³-hybridized carbons (Fsp3) is 0.846. The minimum atomic E-state index is 0.752. The summed E-state index contributed by atoms with van der Waals surface area (Å²) in [4.78, 5) is 9.16. The minimum absolute atomic E-state index is 0.752. The number of anilines is 1. The van der Waals surface area contributed by atoms with Crippen molar-refractivity contribution in [3.05, 3.63) is 5.89 Å². The highest BCUT2D eigenvalue weighted by Gasteiger charge is 2.18. The van der Waals surface area contributed by atoms with Crippen LogP contribution in [0.3, 0.4) is 0 Å². The molecular weight excluding hydrogens is 242 g/mol. The van der Waals surface area contributed by atoms with Gasteiger partial charge in [0, 0.05) is 26.2 Å². The minimum Gasteiger partial charge on any atom is -0.338 e. The summed E-state index contributed by atoms with van der Waals surface area (Å²) in [5.41, 5.74) is 0. The second-order valence-corrected chi connectivity index (χ2v) is 5.42. The highest BCUT2D eigenvalue weighted by Crippen LogP contribution is 2.16. The van der Waals surface area contributed by atoms with E-state index in [1.807, 2.05) is 0 Å². The van der Waals surface area contributed by atoms with E-state index in [0.717, 1.165) is 57.7 Å². The molecule has 6 nitrogen and oxygen atoms in total. The molecule has 6 heteroatoms. The van der Waals surface area contributed by atoms with E-state index in [1.165, 1.54) is 25.7 Å². The third-order valence-corrected chi connectivity index (χ3v) is 3.89. The summed E-state index contributed by atoms with van der Waals surface area (Å²) in [6, 6.07) is 0. The molecule has 2 aliphatic rings. The zero-order valence-corrected chi connectivity index (χ0v) is 11.5. The lowest BCUT2D eigenvalue weighted by Crippen LogP contribution is -2.30. The highest BCUT2D eigenvalue weighted by molar-refractivity contribution is 5.27. The number of hydrogen-bond donors (Lipinski definition) is 1. The Morgan fingerprint density at radius 2 is 1.89 bits per heavy atom. The molecule has 0 aromatic carbocycles. The fourth-order valence-electron chi connectivity index (χ4n) is 2.78. The topological polar surface area (TPSA) is 57.4 Å². The van der Waals surface area contributed by atoms with Gasteiger partial charge in [0.2, 0.25) is 5.89 Å². The molecule has 0 bridgehead atoms. The van der Waals surface area contributed by atoms with E-state index in [-0.39, 0.29) is 0 Å². The predicted octanol–water partition coefficient (Wildman–Crippen LogP) is 0.855. The monoisotopic (exact) mass is 265 g/mol. The van der Waals surface area contributed by atoms with Crippen LogP contribution in [0.4, 0.5) is 5.95 Å². The van der Waals surface area contributed by atoms with Crippen LogP contribution in [-0.4, -0.2) is 54.3 Å². The zero-order chi connectivity index (χ0) is 12.9. The van der Waals surface area contributed by atoms with Gasteiger partial charge in [-0.3, -0.25) is 4.90 Å². The van der Waals surface area contributed by atoms with Gasteiger partial charge in [-0.05, 0) is 43.9 Å². The standard InChI is InChI=1S/C13H23N5O/c1-2-8-18(9-3-1)13-15-12(19-16-13)11-17-7-4-5-14-6-10-17/h14H,1-11H2. The van der Waals surface area contributed by atoms with Crippen molar-refractivity contribution in [1.29, 1.82) is 0 Å². The predicted molar refractivity (Wildman–Crippen MR) is 73.1 cm³/mol. The van der Waals surface area contributed by atoms with Gasteiger partial charge < -0.3 is 14.7 Å². The van der Waals surface area contributed by atoms with E-state index < -0.39 is 0 Å². The van der Waals surface area contributed by atoms with Gasteiger partial charge in [0.15, 0.2) is 0 Å². The largest absolute Gasteiger partial charge is 0.338 e. The number of nitrogens with one attached hydrogen (secondary N) is 1. The van der Waals surface area contributed by atoms with Crippen molar-refractivity contribution < 1.29 is 4.52 Å². The molecule has 1 N–H and O–H groups in total. The van der Waals surface area contributed by atoms with Crippen molar-refractivity contribution in [3.8, 4) is 0 Å². The maximum absolute atomic E-state index is 5.40. The number of nitrogens with zero attached hydrogens (tertiary/aromatic N) is 4. The zero-order valence-electron chi connectivity index (χ0n) is 11.5. The Morgan fingerprint density at radius 1 is 1.00 bits per heavy atom. The molecule has 0 saturated carbocycles. The Kier molecular flexibility index (Phi) is 4.30. The average molecular weight is 265 g/mol. The van der Waals surface area contributed by atoms with Gasteiger partial charge in [0.05, 0.1) is 6.54 Å². The Morgan fingerprint density at radius 3 is 2.79 bits per heavy atom. The normalized spacial score (nSPS) is 22.4. The van der Waals surface area contributed by atoms with Gasteiger partial charge >= 0.3 is 0 Å². The molecule has 1 aromatic heterocycles. The lowest BCUT2D eigenvalue weighted by Gasteiger charge is -2.24. The summed E-state index contributed by atoms with van der Waals surface area (Å²) in [6.45, 7) is 7.23. The molecule has 2 saturated heterocycles. The van der Waals surface area contributed by atoms with Crippen LogP contribution >= 0.6 is 0 Å². The molecule has 106 valence electrons.